The van der Waals surface area contributed by atoms with Gasteiger partial charge in [0.1, 0.15) is 0 Å². The first-order valence-corrected chi connectivity index (χ1v) is 5.58. The summed E-state index contributed by atoms with van der Waals surface area (Å²) < 4.78 is 0. The zero-order chi connectivity index (χ0) is 12.0. The molecule has 0 aliphatic rings. The van der Waals surface area contributed by atoms with Crippen LogP contribution < -0.4 is 10.8 Å². The maximum absolute atomic E-state index is 10.5. The molecule has 0 fully saturated rings. The number of nitrogens with two attached hydrogens (primary N) is 1. The van der Waals surface area contributed by atoms with E-state index in [9.17, 15) is 9.90 Å². The number of benzene rings is 1. The minimum atomic E-state index is -1.20. The van der Waals surface area contributed by atoms with E-state index in [2.05, 4.69) is 10.2 Å². The van der Waals surface area contributed by atoms with Crippen molar-refractivity contribution in [2.24, 2.45) is 15.9 Å². The molecule has 0 aliphatic heterocycles. The highest BCUT2D eigenvalue weighted by molar-refractivity contribution is 8.13. The van der Waals surface area contributed by atoms with Crippen LogP contribution in [0.3, 0.4) is 0 Å². The summed E-state index contributed by atoms with van der Waals surface area (Å²) in [7, 11) is 0. The van der Waals surface area contributed by atoms with Gasteiger partial charge in [0.15, 0.2) is 5.17 Å². The smallest absolute Gasteiger partial charge is 0.180 e. The summed E-state index contributed by atoms with van der Waals surface area (Å²) in [6.07, 6.45) is 3.28. The molecular weight excluding hydrogens is 226 g/mol. The molecule has 0 radical (unpaired) electrons. The molecule has 0 unspecified atom stereocenters. The van der Waals surface area contributed by atoms with Gasteiger partial charge in [0.25, 0.3) is 0 Å². The average molecular weight is 236 g/mol. The van der Waals surface area contributed by atoms with Crippen LogP contribution in [0.15, 0.2) is 34.5 Å². The second kappa shape index (κ2) is 5.92. The lowest BCUT2D eigenvalue weighted by Crippen LogP contribution is -2.21. The molecule has 0 bridgehead atoms. The van der Waals surface area contributed by atoms with E-state index in [0.29, 0.717) is 5.17 Å². The second-order valence-corrected chi connectivity index (χ2v) is 3.62. The number of amidine groups is 1. The molecule has 6 heteroatoms. The highest BCUT2D eigenvalue weighted by Crippen LogP contribution is 2.01. The molecule has 1 aromatic rings. The molecule has 1 rings (SSSR count). The Labute approximate surface area is 97.1 Å². The summed E-state index contributed by atoms with van der Waals surface area (Å²) in [5.74, 6) is -1.20. The Balaban J connectivity index is 2.72. The monoisotopic (exact) mass is 236 g/mol. The van der Waals surface area contributed by atoms with Crippen LogP contribution in [0.1, 0.15) is 15.9 Å². The van der Waals surface area contributed by atoms with Crippen LogP contribution in [0.2, 0.25) is 0 Å². The van der Waals surface area contributed by atoms with Gasteiger partial charge in [-0.15, -0.1) is 5.10 Å². The molecule has 0 saturated carbocycles. The van der Waals surface area contributed by atoms with Crippen molar-refractivity contribution in [2.75, 3.05) is 6.26 Å². The van der Waals surface area contributed by atoms with Crippen LogP contribution in [-0.2, 0) is 0 Å². The van der Waals surface area contributed by atoms with Gasteiger partial charge in [-0.2, -0.15) is 5.10 Å². The lowest BCUT2D eigenvalue weighted by molar-refractivity contribution is -0.255. The number of rotatable bonds is 3. The first-order valence-electron chi connectivity index (χ1n) is 4.35. The largest absolute Gasteiger partial charge is 0.545 e. The number of carboxylic acid groups (broad SMARTS) is 1. The first kappa shape index (κ1) is 12.3. The molecule has 0 amide bonds. The van der Waals surface area contributed by atoms with Crippen LogP contribution >= 0.6 is 11.8 Å². The quantitative estimate of drug-likeness (QED) is 0.456. The molecule has 0 aromatic heterocycles. The van der Waals surface area contributed by atoms with E-state index >= 15 is 0 Å². The van der Waals surface area contributed by atoms with Crippen molar-refractivity contribution in [1.82, 2.24) is 0 Å². The summed E-state index contributed by atoms with van der Waals surface area (Å²) in [5.41, 5.74) is 6.28. The molecule has 0 saturated heterocycles. The zero-order valence-electron chi connectivity index (χ0n) is 8.58. The number of hydrogen-bond acceptors (Lipinski definition) is 5. The molecule has 1 aromatic carbocycles. The van der Waals surface area contributed by atoms with Crippen LogP contribution in [0, 0.1) is 0 Å². The number of hydrogen-bond donors (Lipinski definition) is 1. The molecule has 0 heterocycles. The summed E-state index contributed by atoms with van der Waals surface area (Å²) in [5, 5.41) is 18.3. The van der Waals surface area contributed by atoms with Crippen LogP contribution in [0.25, 0.3) is 0 Å². The van der Waals surface area contributed by atoms with Crippen molar-refractivity contribution in [1.29, 1.82) is 0 Å². The predicted octanol–water partition coefficient (Wildman–Crippen LogP) is 0.0617. The van der Waals surface area contributed by atoms with Gasteiger partial charge in [-0.25, -0.2) is 0 Å². The van der Waals surface area contributed by atoms with Crippen molar-refractivity contribution >= 4 is 29.1 Å². The Morgan fingerprint density at radius 3 is 2.56 bits per heavy atom. The third kappa shape index (κ3) is 3.74. The lowest BCUT2D eigenvalue weighted by atomic mass is 10.1. The number of carbonyl (C=O) groups excluding carboxylic acids is 1. The summed E-state index contributed by atoms with van der Waals surface area (Å²) in [6, 6.07) is 6.11. The molecule has 2 N–H and O–H groups in total. The van der Waals surface area contributed by atoms with Gasteiger partial charge < -0.3 is 15.6 Å². The van der Waals surface area contributed by atoms with Crippen molar-refractivity contribution in [2.45, 2.75) is 0 Å². The predicted molar refractivity (Wildman–Crippen MR) is 63.5 cm³/mol. The normalized spacial score (nSPS) is 11.9. The molecule has 0 atom stereocenters. The number of carbonyl (C=O) groups is 1. The summed E-state index contributed by atoms with van der Waals surface area (Å²) >= 11 is 1.29. The van der Waals surface area contributed by atoms with Crippen LogP contribution in [-0.4, -0.2) is 23.6 Å². The Bertz CT molecular complexity index is 426. The van der Waals surface area contributed by atoms with Gasteiger partial charge in [0, 0.05) is 0 Å². The second-order valence-electron chi connectivity index (χ2n) is 2.80. The Morgan fingerprint density at radius 2 is 2.06 bits per heavy atom. The van der Waals surface area contributed by atoms with Gasteiger partial charge >= 0.3 is 0 Å². The fourth-order valence-electron chi connectivity index (χ4n) is 0.899. The van der Waals surface area contributed by atoms with E-state index in [1.165, 1.54) is 30.1 Å². The Kier molecular flexibility index (Phi) is 4.53. The average Bonchev–Trinajstić information content (AvgIpc) is 2.29. The lowest BCUT2D eigenvalue weighted by Gasteiger charge is -2.00. The first-order chi connectivity index (χ1) is 7.63. The summed E-state index contributed by atoms with van der Waals surface area (Å²) in [4.78, 5) is 10.5. The van der Waals surface area contributed by atoms with Gasteiger partial charge in [-0.1, -0.05) is 36.0 Å². The van der Waals surface area contributed by atoms with Gasteiger partial charge in [-0.05, 0) is 17.4 Å². The number of aromatic carboxylic acids is 1. The number of thioether (sulfide) groups is 1. The summed E-state index contributed by atoms with van der Waals surface area (Å²) in [6.45, 7) is 0. The van der Waals surface area contributed by atoms with E-state index in [1.54, 1.807) is 18.4 Å². The Morgan fingerprint density at radius 1 is 1.44 bits per heavy atom. The third-order valence-electron chi connectivity index (χ3n) is 1.72. The van der Waals surface area contributed by atoms with E-state index < -0.39 is 5.97 Å². The molecule has 0 spiro atoms. The van der Waals surface area contributed by atoms with Crippen LogP contribution in [0.4, 0.5) is 0 Å². The minimum absolute atomic E-state index is 0.129. The standard InChI is InChI=1S/C10H11N3O2S/c1-16-10(11)13-12-6-7-2-4-8(5-3-7)9(14)15/h2-6H,1H3,(H2,11,13)(H,14,15)/p-1. The number of nitrogens with zero attached hydrogens (tertiary/aromatic N) is 2. The molecule has 16 heavy (non-hydrogen) atoms. The third-order valence-corrected chi connectivity index (χ3v) is 2.22. The fourth-order valence-corrected chi connectivity index (χ4v) is 1.03. The Hall–Kier alpha value is -1.82. The maximum atomic E-state index is 10.5. The molecule has 0 aliphatic carbocycles. The highest BCUT2D eigenvalue weighted by atomic mass is 32.2. The van der Waals surface area contributed by atoms with Gasteiger partial charge in [0.2, 0.25) is 0 Å². The van der Waals surface area contributed by atoms with Gasteiger partial charge in [-0.3, -0.25) is 0 Å². The highest BCUT2D eigenvalue weighted by Gasteiger charge is 1.92. The van der Waals surface area contributed by atoms with Crippen molar-refractivity contribution in [3.63, 3.8) is 0 Å². The van der Waals surface area contributed by atoms with Crippen LogP contribution in [0.5, 0.6) is 0 Å². The van der Waals surface area contributed by atoms with Crippen molar-refractivity contribution in [3.05, 3.63) is 35.4 Å². The topological polar surface area (TPSA) is 90.9 Å². The molecule has 84 valence electrons. The molecule has 5 nitrogen and oxygen atoms in total. The van der Waals surface area contributed by atoms with E-state index in [-0.39, 0.29) is 5.56 Å². The fraction of sp³-hybridized carbons (Fsp3) is 0.100. The van der Waals surface area contributed by atoms with E-state index in [4.69, 9.17) is 5.73 Å². The molecular formula is C10H10N3O2S-. The van der Waals surface area contributed by atoms with Gasteiger partial charge in [0.05, 0.1) is 12.2 Å². The van der Waals surface area contributed by atoms with E-state index in [1.807, 2.05) is 0 Å². The zero-order valence-corrected chi connectivity index (χ0v) is 9.40. The van der Waals surface area contributed by atoms with Crippen molar-refractivity contribution < 1.29 is 9.90 Å². The maximum Gasteiger partial charge on any atom is 0.180 e. The minimum Gasteiger partial charge on any atom is -0.545 e. The van der Waals surface area contributed by atoms with E-state index in [0.717, 1.165) is 5.56 Å². The SMILES string of the molecule is CSC(N)=NN=Cc1ccc(C(=O)[O-])cc1. The number of carboxylic acids is 1. The van der Waals surface area contributed by atoms with Crippen molar-refractivity contribution in [3.8, 4) is 0 Å².